The Kier molecular flexibility index (Phi) is 3.28. The van der Waals surface area contributed by atoms with Gasteiger partial charge in [0.05, 0.1) is 0 Å². The summed E-state index contributed by atoms with van der Waals surface area (Å²) in [5.74, 6) is 0. The van der Waals surface area contributed by atoms with Crippen LogP contribution in [0.2, 0.25) is 0 Å². The van der Waals surface area contributed by atoms with E-state index in [-0.39, 0.29) is 0 Å². The summed E-state index contributed by atoms with van der Waals surface area (Å²) in [6, 6.07) is 0. The molecule has 0 fully saturated rings. The van der Waals surface area contributed by atoms with Crippen LogP contribution >= 0.6 is 36.1 Å². The Morgan fingerprint density at radius 2 is 2.00 bits per heavy atom. The van der Waals surface area contributed by atoms with Crippen LogP contribution in [0.3, 0.4) is 0 Å². The molecule has 0 saturated carbocycles. The first-order chi connectivity index (χ1) is 1.73. The zero-order valence-electron chi connectivity index (χ0n) is 1.81. The van der Waals surface area contributed by atoms with Crippen LogP contribution in [-0.2, 0) is 4.57 Å². The Balaban J connectivity index is 2.80. The van der Waals surface area contributed by atoms with Gasteiger partial charge in [-0.25, -0.2) is 0 Å². The van der Waals surface area contributed by atoms with E-state index in [2.05, 4.69) is 8.93 Å². The molecule has 1 nitrogen and oxygen atoms in total. The molecule has 0 heterocycles. The number of rotatable bonds is 0. The first-order valence-corrected chi connectivity index (χ1v) is 6.27. The lowest BCUT2D eigenvalue weighted by Crippen LogP contribution is -0.902. The van der Waals surface area contributed by atoms with Crippen molar-refractivity contribution in [1.82, 2.24) is 0 Å². The van der Waals surface area contributed by atoms with Gasteiger partial charge in [-0.3, -0.25) is 0 Å². The summed E-state index contributed by atoms with van der Waals surface area (Å²) in [5, 5.41) is -0.984. The van der Waals surface area contributed by atoms with Crippen LogP contribution in [0.5, 0.6) is 0 Å². The molecule has 0 amide bonds. The van der Waals surface area contributed by atoms with Gasteiger partial charge >= 0.3 is 5.13 Å². The summed E-state index contributed by atoms with van der Waals surface area (Å²) < 4.78 is 9.54. The monoisotopic (exact) mass is 207 g/mol. The van der Waals surface area contributed by atoms with E-state index in [9.17, 15) is 4.57 Å². The highest BCUT2D eigenvalue weighted by molar-refractivity contribution is 14.2. The van der Waals surface area contributed by atoms with Crippen LogP contribution in [0.25, 0.3) is 0 Å². The fourth-order valence-corrected chi connectivity index (χ4v) is 0. The molecule has 0 radical (unpaired) electrons. The van der Waals surface area contributed by atoms with Crippen molar-refractivity contribution in [3.8, 4) is 0 Å². The predicted molar refractivity (Wildman–Crippen MR) is 31.3 cm³/mol. The third kappa shape index (κ3) is 10.5. The molecule has 4 heavy (non-hydrogen) atoms. The number of halogens is 1. The van der Waals surface area contributed by atoms with E-state index in [1.54, 1.807) is 0 Å². The average molecular weight is 207 g/mol. The van der Waals surface area contributed by atoms with Gasteiger partial charge in [-0.15, -0.1) is 0 Å². The van der Waals surface area contributed by atoms with Crippen molar-refractivity contribution in [2.45, 2.75) is 0 Å². The maximum Gasteiger partial charge on any atom is 0.414 e. The zero-order chi connectivity index (χ0) is 3.58. The van der Waals surface area contributed by atoms with Crippen LogP contribution in [-0.4, -0.2) is 0 Å². The summed E-state index contributed by atoms with van der Waals surface area (Å²) in [6.07, 6.45) is 0. The third-order valence-electron chi connectivity index (χ3n) is 0. The summed E-state index contributed by atoms with van der Waals surface area (Å²) >= 11 is 1.82. The predicted octanol–water partition coefficient (Wildman–Crippen LogP) is 1.95. The lowest BCUT2D eigenvalue weighted by atomic mass is 16.0. The summed E-state index contributed by atoms with van der Waals surface area (Å²) in [7, 11) is 2.15. The molecule has 0 saturated heterocycles. The number of hydrogen-bond donors (Lipinski definition) is 0. The van der Waals surface area contributed by atoms with Crippen LogP contribution in [0, 0.1) is 0 Å². The second kappa shape index (κ2) is 2.49. The van der Waals surface area contributed by atoms with Crippen molar-refractivity contribution >= 4 is 36.1 Å². The van der Waals surface area contributed by atoms with E-state index in [0.717, 1.165) is 0 Å². The first-order valence-electron chi connectivity index (χ1n) is 0.610. The maximum atomic E-state index is 9.54. The highest BCUT2D eigenvalue weighted by Crippen LogP contribution is 2.39. The fourth-order valence-electron chi connectivity index (χ4n) is 0. The maximum absolute atomic E-state index is 9.54. The van der Waals surface area contributed by atoms with Gasteiger partial charge in [0.2, 0.25) is 0 Å². The molecule has 2 atom stereocenters. The van der Waals surface area contributed by atoms with Gasteiger partial charge in [-0.05, 0) is 0 Å². The van der Waals surface area contributed by atoms with Crippen molar-refractivity contribution in [2.24, 2.45) is 0 Å². The van der Waals surface area contributed by atoms with Crippen LogP contribution in [0.15, 0.2) is 0 Å². The van der Waals surface area contributed by atoms with Crippen molar-refractivity contribution < 1.29 is 4.57 Å². The minimum Gasteiger partial charge on any atom is -0.0619 e. The van der Waals surface area contributed by atoms with E-state index < -0.39 is 5.13 Å². The molecule has 24 valence electrons. The van der Waals surface area contributed by atoms with Crippen LogP contribution in [0.1, 0.15) is 0 Å². The van der Waals surface area contributed by atoms with Gasteiger partial charge in [-0.2, -0.15) is 0 Å². The highest BCUT2D eigenvalue weighted by Gasteiger charge is 1.88. The zero-order valence-corrected chi connectivity index (χ0v) is 6.02. The summed E-state index contributed by atoms with van der Waals surface area (Å²) in [4.78, 5) is 0. The molecule has 0 rings (SSSR count). The quantitative estimate of drug-likeness (QED) is 0.438. The van der Waals surface area contributed by atoms with Crippen molar-refractivity contribution in [3.63, 3.8) is 0 Å². The molecule has 2 unspecified atom stereocenters. The smallest absolute Gasteiger partial charge is 0.0619 e. The first kappa shape index (κ1) is 5.26. The van der Waals surface area contributed by atoms with E-state index in [4.69, 9.17) is 0 Å². The normalized spacial score (nSPS) is 11.0. The van der Waals surface area contributed by atoms with E-state index in [1.165, 1.54) is 0 Å². The molecule has 0 spiro atoms. The molecule has 4 heteroatoms. The van der Waals surface area contributed by atoms with Gasteiger partial charge in [0, 0.05) is 0 Å². The van der Waals surface area contributed by atoms with Crippen molar-refractivity contribution in [3.05, 3.63) is 0 Å². The minimum absolute atomic E-state index is 0.984. The van der Waals surface area contributed by atoms with E-state index >= 15 is 0 Å². The van der Waals surface area contributed by atoms with E-state index in [0.29, 0.717) is 0 Å². The Hall–Kier alpha value is 1.26. The van der Waals surface area contributed by atoms with Crippen molar-refractivity contribution in [2.75, 3.05) is 0 Å². The summed E-state index contributed by atoms with van der Waals surface area (Å²) in [6.45, 7) is 0. The highest BCUT2D eigenvalue weighted by atomic mass is 127. The Morgan fingerprint density at radius 3 is 2.00 bits per heavy atom. The Bertz CT molecular complexity index is 29.0. The number of hydrogen-bond acceptors (Lipinski definition) is 1. The minimum atomic E-state index is -0.984. The summed E-state index contributed by atoms with van der Waals surface area (Å²) in [5.41, 5.74) is 0. The fraction of sp³-hybridized carbons (Fsp3) is 0. The van der Waals surface area contributed by atoms with Gasteiger partial charge < -0.3 is 0 Å². The van der Waals surface area contributed by atoms with E-state index in [1.807, 2.05) is 22.0 Å². The van der Waals surface area contributed by atoms with Crippen LogP contribution in [0.4, 0.5) is 0 Å². The van der Waals surface area contributed by atoms with Gasteiger partial charge in [-0.1, -0.05) is 4.57 Å². The lowest BCUT2D eigenvalue weighted by molar-refractivity contribution is 0.604. The SMILES string of the molecule is O=[P+](P)I. The largest absolute Gasteiger partial charge is 0.414 e. The Morgan fingerprint density at radius 1 is 2.00 bits per heavy atom. The molecule has 0 aromatic heterocycles. The molecule has 0 aliphatic carbocycles. The van der Waals surface area contributed by atoms with Gasteiger partial charge in [0.1, 0.15) is 8.93 Å². The van der Waals surface area contributed by atoms with Crippen LogP contribution < -0.4 is 0 Å². The third-order valence-corrected chi connectivity index (χ3v) is 0. The standard InChI is InChI=1S/H2IOP2/c1-4(2)3/h3H2/q+1. The molecule has 0 aromatic rings. The second-order valence-electron chi connectivity index (χ2n) is 0.272. The Labute approximate surface area is 40.9 Å². The second-order valence-corrected chi connectivity index (χ2v) is 8.23. The van der Waals surface area contributed by atoms with Gasteiger partial charge in [0.25, 0.3) is 22.0 Å². The topological polar surface area (TPSA) is 17.1 Å². The van der Waals surface area contributed by atoms with Crippen molar-refractivity contribution in [1.29, 1.82) is 0 Å². The molecule has 0 N–H and O–H groups in total. The molecule has 0 aromatic carbocycles. The molecular formula is H2IOP2+. The lowest BCUT2D eigenvalue weighted by Gasteiger charge is -1.31. The molecule has 0 aliphatic rings. The molecular weight excluding hydrogens is 205 g/mol. The van der Waals surface area contributed by atoms with Gasteiger partial charge in [0.15, 0.2) is 0 Å². The molecule has 0 aliphatic heterocycles. The average Bonchev–Trinajstić information content (AvgIpc) is 0.811. The molecule has 0 bridgehead atoms.